The van der Waals surface area contributed by atoms with Gasteiger partial charge in [-0.2, -0.15) is 0 Å². The summed E-state index contributed by atoms with van der Waals surface area (Å²) >= 11 is 0. The number of ether oxygens (including phenoxy) is 1. The quantitative estimate of drug-likeness (QED) is 0.348. The van der Waals surface area contributed by atoms with E-state index in [4.69, 9.17) is 4.74 Å². The van der Waals surface area contributed by atoms with E-state index in [0.717, 1.165) is 22.0 Å². The zero-order chi connectivity index (χ0) is 24.7. The van der Waals surface area contributed by atoms with Crippen LogP contribution in [-0.4, -0.2) is 20.9 Å². The molecule has 4 rings (SSSR count). The Labute approximate surface area is 203 Å². The topological polar surface area (TPSA) is 75.7 Å². The maximum absolute atomic E-state index is 13.3. The predicted molar refractivity (Wildman–Crippen MR) is 133 cm³/mol. The van der Waals surface area contributed by atoms with Crippen LogP contribution in [0.2, 0.25) is 0 Å². The summed E-state index contributed by atoms with van der Waals surface area (Å²) in [6.07, 6.45) is 0. The van der Waals surface area contributed by atoms with Crippen molar-refractivity contribution >= 4 is 27.3 Å². The van der Waals surface area contributed by atoms with Gasteiger partial charge in [-0.05, 0) is 66.2 Å². The molecule has 0 aliphatic heterocycles. The number of amides is 1. The van der Waals surface area contributed by atoms with Crippen LogP contribution in [0.4, 0.5) is 15.8 Å². The minimum atomic E-state index is -4.11. The first kappa shape index (κ1) is 24.0. The van der Waals surface area contributed by atoms with Gasteiger partial charge in [0.1, 0.15) is 24.7 Å². The molecule has 0 atom stereocenters. The Hall–Kier alpha value is -4.17. The molecule has 4 aromatic rings. The van der Waals surface area contributed by atoms with Crippen molar-refractivity contribution in [2.24, 2.45) is 0 Å². The third-order valence-electron chi connectivity index (χ3n) is 5.12. The molecule has 0 spiro atoms. The Morgan fingerprint density at radius 3 is 2.03 bits per heavy atom. The van der Waals surface area contributed by atoms with Gasteiger partial charge in [-0.15, -0.1) is 0 Å². The second kappa shape index (κ2) is 10.8. The number of nitrogens with one attached hydrogen (secondary N) is 1. The van der Waals surface area contributed by atoms with E-state index in [2.05, 4.69) is 5.32 Å². The number of sulfonamides is 1. The van der Waals surface area contributed by atoms with Gasteiger partial charge in [0.05, 0.1) is 10.6 Å². The van der Waals surface area contributed by atoms with Gasteiger partial charge in [-0.3, -0.25) is 9.10 Å². The fraction of sp³-hybridized carbons (Fsp3) is 0.0741. The average molecular weight is 491 g/mol. The van der Waals surface area contributed by atoms with Crippen LogP contribution < -0.4 is 14.4 Å². The Bertz CT molecular complexity index is 1360. The van der Waals surface area contributed by atoms with Gasteiger partial charge in [-0.1, -0.05) is 48.5 Å². The fourth-order valence-corrected chi connectivity index (χ4v) is 4.77. The first-order chi connectivity index (χ1) is 16.9. The number of rotatable bonds is 9. The third-order valence-corrected chi connectivity index (χ3v) is 6.91. The second-order valence-corrected chi connectivity index (χ2v) is 9.51. The number of carbonyl (C=O) groups is 1. The molecule has 0 unspecified atom stereocenters. The smallest absolute Gasteiger partial charge is 0.264 e. The lowest BCUT2D eigenvalue weighted by Gasteiger charge is -2.24. The monoisotopic (exact) mass is 490 g/mol. The molecule has 0 fully saturated rings. The fourth-order valence-electron chi connectivity index (χ4n) is 3.35. The van der Waals surface area contributed by atoms with E-state index in [1.165, 1.54) is 12.1 Å². The van der Waals surface area contributed by atoms with E-state index in [0.29, 0.717) is 23.7 Å². The minimum absolute atomic E-state index is 0.115. The van der Waals surface area contributed by atoms with E-state index in [1.807, 2.05) is 30.3 Å². The molecule has 1 N–H and O–H groups in total. The molecule has 6 nitrogen and oxygen atoms in total. The molecule has 0 aliphatic rings. The van der Waals surface area contributed by atoms with E-state index in [-0.39, 0.29) is 4.90 Å². The van der Waals surface area contributed by atoms with Crippen molar-refractivity contribution in [2.75, 3.05) is 16.2 Å². The van der Waals surface area contributed by atoms with Crippen LogP contribution in [0.3, 0.4) is 0 Å². The molecule has 35 heavy (non-hydrogen) atoms. The van der Waals surface area contributed by atoms with Gasteiger partial charge in [0.2, 0.25) is 5.91 Å². The lowest BCUT2D eigenvalue weighted by molar-refractivity contribution is -0.114. The van der Waals surface area contributed by atoms with Crippen LogP contribution in [-0.2, 0) is 21.4 Å². The summed E-state index contributed by atoms with van der Waals surface area (Å²) in [4.78, 5) is 12.7. The maximum atomic E-state index is 13.3. The molecule has 0 heterocycles. The van der Waals surface area contributed by atoms with Crippen LogP contribution in [0.25, 0.3) is 0 Å². The number of para-hydroxylation sites is 1. The van der Waals surface area contributed by atoms with Gasteiger partial charge in [0.15, 0.2) is 0 Å². The van der Waals surface area contributed by atoms with E-state index in [1.54, 1.807) is 54.6 Å². The van der Waals surface area contributed by atoms with Gasteiger partial charge >= 0.3 is 0 Å². The SMILES string of the molecule is O=C(CN(c1ccccc1)S(=O)(=O)c1ccc(F)cc1)Nc1ccc(OCc2ccccc2)cc1. The van der Waals surface area contributed by atoms with Crippen LogP contribution in [0.15, 0.2) is 114 Å². The number of nitrogens with zero attached hydrogens (tertiary/aromatic N) is 1. The first-order valence-corrected chi connectivity index (χ1v) is 12.3. The molecule has 4 aromatic carbocycles. The van der Waals surface area contributed by atoms with Crippen molar-refractivity contribution in [1.29, 1.82) is 0 Å². The van der Waals surface area contributed by atoms with Crippen molar-refractivity contribution in [1.82, 2.24) is 0 Å². The largest absolute Gasteiger partial charge is 0.489 e. The highest BCUT2D eigenvalue weighted by molar-refractivity contribution is 7.92. The summed E-state index contributed by atoms with van der Waals surface area (Å²) < 4.78 is 46.6. The zero-order valence-corrected chi connectivity index (χ0v) is 19.5. The maximum Gasteiger partial charge on any atom is 0.264 e. The molecule has 0 aliphatic carbocycles. The number of halogens is 1. The molecule has 178 valence electrons. The van der Waals surface area contributed by atoms with Crippen molar-refractivity contribution in [3.63, 3.8) is 0 Å². The average Bonchev–Trinajstić information content (AvgIpc) is 2.88. The number of anilines is 2. The standard InChI is InChI=1S/C27H23FN2O4S/c28-22-11-17-26(18-12-22)35(32,33)30(24-9-5-2-6-10-24)19-27(31)29-23-13-15-25(16-14-23)34-20-21-7-3-1-4-8-21/h1-18H,19-20H2,(H,29,31). The number of hydrogen-bond donors (Lipinski definition) is 1. The van der Waals surface area contributed by atoms with Gasteiger partial charge < -0.3 is 10.1 Å². The molecule has 0 saturated carbocycles. The molecular weight excluding hydrogens is 467 g/mol. The normalized spacial score (nSPS) is 11.0. The molecule has 0 radical (unpaired) electrons. The van der Waals surface area contributed by atoms with Gasteiger partial charge in [-0.25, -0.2) is 12.8 Å². The van der Waals surface area contributed by atoms with Crippen LogP contribution >= 0.6 is 0 Å². The van der Waals surface area contributed by atoms with Crippen LogP contribution in [0.1, 0.15) is 5.56 Å². The van der Waals surface area contributed by atoms with Crippen molar-refractivity contribution in [3.8, 4) is 5.75 Å². The van der Waals surface area contributed by atoms with Crippen LogP contribution in [0.5, 0.6) is 5.75 Å². The summed E-state index contributed by atoms with van der Waals surface area (Å²) in [5.74, 6) is -0.446. The Balaban J connectivity index is 1.46. The van der Waals surface area contributed by atoms with E-state index in [9.17, 15) is 17.6 Å². The Kier molecular flexibility index (Phi) is 7.42. The second-order valence-electron chi connectivity index (χ2n) is 7.65. The summed E-state index contributed by atoms with van der Waals surface area (Å²) in [5, 5.41) is 2.72. The summed E-state index contributed by atoms with van der Waals surface area (Å²) in [5.41, 5.74) is 1.85. The minimum Gasteiger partial charge on any atom is -0.489 e. The summed E-state index contributed by atoms with van der Waals surface area (Å²) in [6.45, 7) is -0.0458. The summed E-state index contributed by atoms with van der Waals surface area (Å²) in [7, 11) is -4.11. The van der Waals surface area contributed by atoms with E-state index >= 15 is 0 Å². The Morgan fingerprint density at radius 2 is 1.40 bits per heavy atom. The van der Waals surface area contributed by atoms with Crippen LogP contribution in [0, 0.1) is 5.82 Å². The number of carbonyl (C=O) groups excluding carboxylic acids is 1. The third kappa shape index (κ3) is 6.24. The van der Waals surface area contributed by atoms with E-state index < -0.39 is 28.3 Å². The highest BCUT2D eigenvalue weighted by Crippen LogP contribution is 2.24. The molecule has 0 bridgehead atoms. The highest BCUT2D eigenvalue weighted by atomic mass is 32.2. The zero-order valence-electron chi connectivity index (χ0n) is 18.7. The van der Waals surface area contributed by atoms with Crippen molar-refractivity contribution in [3.05, 3.63) is 121 Å². The van der Waals surface area contributed by atoms with Gasteiger partial charge in [0.25, 0.3) is 10.0 Å². The van der Waals surface area contributed by atoms with Crippen molar-refractivity contribution in [2.45, 2.75) is 11.5 Å². The lowest BCUT2D eigenvalue weighted by atomic mass is 10.2. The number of benzene rings is 4. The highest BCUT2D eigenvalue weighted by Gasteiger charge is 2.27. The molecular formula is C27H23FN2O4S. The molecule has 0 saturated heterocycles. The summed E-state index contributed by atoms with van der Waals surface area (Å²) in [6, 6.07) is 29.3. The molecule has 0 aromatic heterocycles. The molecule has 1 amide bonds. The predicted octanol–water partition coefficient (Wildman–Crippen LogP) is 5.24. The molecule has 8 heteroatoms. The van der Waals surface area contributed by atoms with Crippen molar-refractivity contribution < 1.29 is 22.3 Å². The Morgan fingerprint density at radius 1 is 0.800 bits per heavy atom. The lowest BCUT2D eigenvalue weighted by Crippen LogP contribution is -2.38. The number of hydrogen-bond acceptors (Lipinski definition) is 4. The van der Waals surface area contributed by atoms with Gasteiger partial charge in [0, 0.05) is 5.69 Å². The first-order valence-electron chi connectivity index (χ1n) is 10.8.